The fourth-order valence-electron chi connectivity index (χ4n) is 0.463. The Hall–Kier alpha value is -0.203. The van der Waals surface area contributed by atoms with Gasteiger partial charge in [-0.25, -0.2) is 4.21 Å². The minimum atomic E-state index is -1.81. The highest BCUT2D eigenvalue weighted by Crippen LogP contribution is 2.05. The van der Waals surface area contributed by atoms with Gasteiger partial charge in [-0.1, -0.05) is 0 Å². The number of methoxy groups -OCH3 is 1. The SMILES string of the molecule is COC(=O)CS(=O)O[Si](C)(C)C. The molecule has 0 aliphatic carbocycles. The van der Waals surface area contributed by atoms with Gasteiger partial charge in [0.1, 0.15) is 5.75 Å². The lowest BCUT2D eigenvalue weighted by molar-refractivity contribution is -0.137. The second-order valence-electron chi connectivity index (χ2n) is 3.22. The average molecular weight is 210 g/mol. The van der Waals surface area contributed by atoms with Crippen LogP contribution in [0.5, 0.6) is 0 Å². The molecule has 0 rings (SSSR count). The van der Waals surface area contributed by atoms with E-state index in [-0.39, 0.29) is 5.75 Å². The van der Waals surface area contributed by atoms with E-state index >= 15 is 0 Å². The Kier molecular flexibility index (Phi) is 4.65. The van der Waals surface area contributed by atoms with Crippen molar-refractivity contribution < 1.29 is 17.6 Å². The summed E-state index contributed by atoms with van der Waals surface area (Å²) in [7, 11) is -0.550. The van der Waals surface area contributed by atoms with E-state index in [2.05, 4.69) is 4.74 Å². The van der Waals surface area contributed by atoms with Gasteiger partial charge < -0.3 is 8.61 Å². The second kappa shape index (κ2) is 4.73. The van der Waals surface area contributed by atoms with Gasteiger partial charge >= 0.3 is 5.97 Å². The minimum absolute atomic E-state index is 0.180. The lowest BCUT2D eigenvalue weighted by Crippen LogP contribution is -2.29. The van der Waals surface area contributed by atoms with Crippen LogP contribution < -0.4 is 0 Å². The molecule has 0 amide bonds. The van der Waals surface area contributed by atoms with Crippen LogP contribution in [0.3, 0.4) is 0 Å². The molecule has 0 radical (unpaired) electrons. The van der Waals surface area contributed by atoms with E-state index in [1.54, 1.807) is 0 Å². The summed E-state index contributed by atoms with van der Waals surface area (Å²) >= 11 is -1.53. The highest BCUT2D eigenvalue weighted by molar-refractivity contribution is 7.82. The summed E-state index contributed by atoms with van der Waals surface area (Å²) in [4.78, 5) is 10.6. The van der Waals surface area contributed by atoms with Crippen molar-refractivity contribution in [2.75, 3.05) is 12.9 Å². The first-order chi connectivity index (χ1) is 5.35. The first kappa shape index (κ1) is 11.8. The average Bonchev–Trinajstić information content (AvgIpc) is 1.82. The van der Waals surface area contributed by atoms with Crippen LogP contribution in [0.25, 0.3) is 0 Å². The number of carbonyl (C=O) groups excluding carboxylic acids is 1. The molecule has 0 fully saturated rings. The van der Waals surface area contributed by atoms with Gasteiger partial charge in [0.2, 0.25) is 8.32 Å². The van der Waals surface area contributed by atoms with Crippen LogP contribution >= 0.6 is 0 Å². The molecule has 0 aliphatic heterocycles. The second-order valence-corrected chi connectivity index (χ2v) is 9.01. The predicted molar refractivity (Wildman–Crippen MR) is 49.5 cm³/mol. The maximum Gasteiger partial charge on any atom is 0.320 e. The number of hydrogen-bond acceptors (Lipinski definition) is 4. The zero-order valence-corrected chi connectivity index (χ0v) is 9.56. The predicted octanol–water partition coefficient (Wildman–Crippen LogP) is 0.675. The smallest absolute Gasteiger partial charge is 0.320 e. The molecule has 6 heteroatoms. The topological polar surface area (TPSA) is 52.6 Å². The zero-order chi connectivity index (χ0) is 9.78. The first-order valence-corrected chi connectivity index (χ1v) is 8.15. The van der Waals surface area contributed by atoms with Gasteiger partial charge in [0.25, 0.3) is 0 Å². The Morgan fingerprint density at radius 3 is 2.25 bits per heavy atom. The Morgan fingerprint density at radius 1 is 1.42 bits per heavy atom. The van der Waals surface area contributed by atoms with E-state index < -0.39 is 25.4 Å². The lowest BCUT2D eigenvalue weighted by atomic mass is 10.8. The molecule has 0 spiro atoms. The first-order valence-electron chi connectivity index (χ1n) is 3.50. The maximum atomic E-state index is 11.1. The molecule has 0 saturated carbocycles. The van der Waals surface area contributed by atoms with Crippen molar-refractivity contribution in [1.82, 2.24) is 0 Å². The van der Waals surface area contributed by atoms with Crippen molar-refractivity contribution in [2.45, 2.75) is 19.6 Å². The van der Waals surface area contributed by atoms with Crippen LogP contribution in [-0.4, -0.2) is 31.4 Å². The van der Waals surface area contributed by atoms with Crippen LogP contribution in [0, 0.1) is 0 Å². The van der Waals surface area contributed by atoms with E-state index in [0.717, 1.165) is 0 Å². The highest BCUT2D eigenvalue weighted by atomic mass is 32.2. The quantitative estimate of drug-likeness (QED) is 0.505. The highest BCUT2D eigenvalue weighted by Gasteiger charge is 2.20. The van der Waals surface area contributed by atoms with Gasteiger partial charge in [-0.3, -0.25) is 4.79 Å². The number of carbonyl (C=O) groups is 1. The Bertz CT molecular complexity index is 186. The molecular formula is C6H14O4SSi. The number of esters is 1. The minimum Gasteiger partial charge on any atom is -0.468 e. The van der Waals surface area contributed by atoms with Gasteiger partial charge in [-0.15, -0.1) is 0 Å². The van der Waals surface area contributed by atoms with Crippen molar-refractivity contribution in [3.05, 3.63) is 0 Å². The summed E-state index contributed by atoms with van der Waals surface area (Å²) in [6, 6.07) is 0. The van der Waals surface area contributed by atoms with E-state index in [4.69, 9.17) is 3.87 Å². The van der Waals surface area contributed by atoms with Crippen molar-refractivity contribution in [2.24, 2.45) is 0 Å². The fraction of sp³-hybridized carbons (Fsp3) is 0.833. The van der Waals surface area contributed by atoms with E-state index in [1.807, 2.05) is 19.6 Å². The van der Waals surface area contributed by atoms with Crippen molar-refractivity contribution in [3.63, 3.8) is 0 Å². The molecule has 0 aromatic carbocycles. The summed E-state index contributed by atoms with van der Waals surface area (Å²) in [5, 5.41) is 0. The number of hydrogen-bond donors (Lipinski definition) is 0. The standard InChI is InChI=1S/C6H14O4SSi/c1-9-6(7)5-11(8)10-12(2,3)4/h5H2,1-4H3. The summed E-state index contributed by atoms with van der Waals surface area (Å²) in [5.74, 6) is -0.688. The molecule has 0 heterocycles. The summed E-state index contributed by atoms with van der Waals surface area (Å²) < 4.78 is 20.5. The third-order valence-electron chi connectivity index (χ3n) is 0.806. The van der Waals surface area contributed by atoms with Crippen LogP contribution in [-0.2, 0) is 24.5 Å². The van der Waals surface area contributed by atoms with Crippen LogP contribution in [0.4, 0.5) is 0 Å². The normalized spacial score (nSPS) is 14.0. The van der Waals surface area contributed by atoms with E-state index in [0.29, 0.717) is 0 Å². The molecule has 0 bridgehead atoms. The lowest BCUT2D eigenvalue weighted by Gasteiger charge is -2.14. The maximum absolute atomic E-state index is 11.1. The molecule has 12 heavy (non-hydrogen) atoms. The Balaban J connectivity index is 3.83. The zero-order valence-electron chi connectivity index (χ0n) is 7.75. The summed E-state index contributed by atoms with van der Waals surface area (Å²) in [6.07, 6.45) is 0. The van der Waals surface area contributed by atoms with Crippen molar-refractivity contribution in [1.29, 1.82) is 0 Å². The van der Waals surface area contributed by atoms with Crippen LogP contribution in [0.15, 0.2) is 0 Å². The summed E-state index contributed by atoms with van der Waals surface area (Å²) in [6.45, 7) is 5.71. The third-order valence-corrected chi connectivity index (χ3v) is 4.02. The molecule has 0 N–H and O–H groups in total. The monoisotopic (exact) mass is 210 g/mol. The van der Waals surface area contributed by atoms with Crippen molar-refractivity contribution >= 4 is 25.4 Å². The van der Waals surface area contributed by atoms with Crippen LogP contribution in [0.1, 0.15) is 0 Å². The van der Waals surface area contributed by atoms with Gasteiger partial charge in [0.15, 0.2) is 11.1 Å². The van der Waals surface area contributed by atoms with Crippen molar-refractivity contribution in [3.8, 4) is 0 Å². The molecule has 72 valence electrons. The molecule has 0 aromatic heterocycles. The molecule has 0 aliphatic rings. The molecule has 4 nitrogen and oxygen atoms in total. The largest absolute Gasteiger partial charge is 0.468 e. The van der Waals surface area contributed by atoms with Gasteiger partial charge in [-0.2, -0.15) is 0 Å². The third kappa shape index (κ3) is 6.50. The fourth-order valence-corrected chi connectivity index (χ4v) is 3.24. The number of ether oxygens (including phenoxy) is 1. The molecular weight excluding hydrogens is 196 g/mol. The van der Waals surface area contributed by atoms with Gasteiger partial charge in [-0.05, 0) is 19.6 Å². The molecule has 0 aromatic rings. The van der Waals surface area contributed by atoms with Gasteiger partial charge in [0, 0.05) is 0 Å². The molecule has 1 atom stereocenters. The summed E-state index contributed by atoms with van der Waals surface area (Å²) in [5.41, 5.74) is 0. The molecule has 1 unspecified atom stereocenters. The molecule has 0 saturated heterocycles. The Morgan fingerprint density at radius 2 is 1.92 bits per heavy atom. The van der Waals surface area contributed by atoms with Crippen LogP contribution in [0.2, 0.25) is 19.6 Å². The Labute approximate surface area is 76.0 Å². The van der Waals surface area contributed by atoms with E-state index in [9.17, 15) is 9.00 Å². The number of rotatable bonds is 4. The van der Waals surface area contributed by atoms with E-state index in [1.165, 1.54) is 7.11 Å². The van der Waals surface area contributed by atoms with Gasteiger partial charge in [0.05, 0.1) is 7.11 Å².